The van der Waals surface area contributed by atoms with E-state index in [4.69, 9.17) is 23.7 Å². The van der Waals surface area contributed by atoms with E-state index in [1.807, 2.05) is 30.3 Å². The number of carbonyl (C=O) groups is 4. The number of esters is 3. The van der Waals surface area contributed by atoms with Crippen LogP contribution in [0.15, 0.2) is 30.3 Å². The summed E-state index contributed by atoms with van der Waals surface area (Å²) in [5.74, 6) is -2.03. The summed E-state index contributed by atoms with van der Waals surface area (Å²) in [6, 6.07) is 8.51. The first-order valence-corrected chi connectivity index (χ1v) is 12.3. The molecule has 1 N–H and O–H groups in total. The molecule has 1 aromatic rings. The van der Waals surface area contributed by atoms with Crippen molar-refractivity contribution in [2.75, 3.05) is 26.4 Å². The van der Waals surface area contributed by atoms with Gasteiger partial charge in [-0.1, -0.05) is 30.3 Å². The minimum atomic E-state index is -0.670. The Kier molecular flexibility index (Phi) is 13.8. The third-order valence-corrected chi connectivity index (χ3v) is 4.29. The van der Waals surface area contributed by atoms with Crippen LogP contribution in [-0.4, -0.2) is 67.5 Å². The van der Waals surface area contributed by atoms with E-state index >= 15 is 0 Å². The van der Waals surface area contributed by atoms with Gasteiger partial charge in [-0.15, -0.1) is 0 Å². The van der Waals surface area contributed by atoms with Crippen molar-refractivity contribution in [1.29, 1.82) is 0 Å². The molecule has 0 aromatic heterocycles. The monoisotopic (exact) mass is 523 g/mol. The Morgan fingerprint density at radius 1 is 0.757 bits per heavy atom. The van der Waals surface area contributed by atoms with Crippen molar-refractivity contribution < 1.29 is 42.9 Å². The zero-order valence-electron chi connectivity index (χ0n) is 22.8. The Bertz CT molecular complexity index is 821. The normalized spacial score (nSPS) is 11.6. The van der Waals surface area contributed by atoms with Gasteiger partial charge in [-0.3, -0.25) is 19.2 Å². The van der Waals surface area contributed by atoms with E-state index in [1.165, 1.54) is 0 Å². The summed E-state index contributed by atoms with van der Waals surface area (Å²) in [5.41, 5.74) is -0.374. The predicted octanol–water partition coefficient (Wildman–Crippen LogP) is 3.10. The summed E-state index contributed by atoms with van der Waals surface area (Å²) < 4.78 is 26.7. The van der Waals surface area contributed by atoms with Gasteiger partial charge in [-0.25, -0.2) is 0 Å². The Morgan fingerprint density at radius 3 is 1.70 bits per heavy atom. The summed E-state index contributed by atoms with van der Waals surface area (Å²) in [4.78, 5) is 48.2. The number of ether oxygens (including phenoxy) is 5. The number of carbonyl (C=O) groups excluding carboxylic acids is 4. The fraction of sp³-hybridized carbons (Fsp3) is 0.630. The van der Waals surface area contributed by atoms with Gasteiger partial charge in [-0.2, -0.15) is 0 Å². The minimum absolute atomic E-state index is 0.0278. The number of hydrogen-bond acceptors (Lipinski definition) is 9. The second-order valence-electron chi connectivity index (χ2n) is 10.4. The van der Waals surface area contributed by atoms with E-state index in [1.54, 1.807) is 41.5 Å². The van der Waals surface area contributed by atoms with E-state index < -0.39 is 47.5 Å². The highest BCUT2D eigenvalue weighted by Crippen LogP contribution is 2.09. The minimum Gasteiger partial charge on any atom is -0.460 e. The van der Waals surface area contributed by atoms with Gasteiger partial charge in [0.1, 0.15) is 24.2 Å². The highest BCUT2D eigenvalue weighted by Gasteiger charge is 2.20. The van der Waals surface area contributed by atoms with Crippen LogP contribution < -0.4 is 5.32 Å². The molecule has 1 rings (SSSR count). The van der Waals surface area contributed by atoms with E-state index in [9.17, 15) is 19.2 Å². The molecular weight excluding hydrogens is 482 g/mol. The Balaban J connectivity index is 2.50. The first-order valence-electron chi connectivity index (χ1n) is 12.3. The van der Waals surface area contributed by atoms with Crippen LogP contribution in [-0.2, 0) is 49.5 Å². The molecule has 37 heavy (non-hydrogen) atoms. The quantitative estimate of drug-likeness (QED) is 0.160. The molecule has 0 fully saturated rings. The van der Waals surface area contributed by atoms with Gasteiger partial charge < -0.3 is 29.0 Å². The van der Waals surface area contributed by atoms with Gasteiger partial charge in [0.2, 0.25) is 5.91 Å². The lowest BCUT2D eigenvalue weighted by Crippen LogP contribution is -2.42. The van der Waals surface area contributed by atoms with E-state index in [-0.39, 0.29) is 45.9 Å². The van der Waals surface area contributed by atoms with Gasteiger partial charge in [0.15, 0.2) is 0 Å². The maximum Gasteiger partial charge on any atom is 0.315 e. The standard InChI is InChI=1S/C27H41NO9/c1-26(2,3)36-23(30)12-14-33-18-21(19-34-15-13-24(31)37-27(4,5)6)28-22(29)16-25(32)35-17-20-10-8-7-9-11-20/h7-11,21H,12-19H2,1-6H3,(H,28,29). The fourth-order valence-corrected chi connectivity index (χ4v) is 2.88. The molecule has 1 aromatic carbocycles. The average molecular weight is 524 g/mol. The van der Waals surface area contributed by atoms with Gasteiger partial charge >= 0.3 is 17.9 Å². The summed E-state index contributed by atoms with van der Waals surface area (Å²) in [6.45, 7) is 10.9. The zero-order chi connectivity index (χ0) is 27.9. The molecule has 0 bridgehead atoms. The molecule has 0 aliphatic heterocycles. The lowest BCUT2D eigenvalue weighted by Gasteiger charge is -2.21. The van der Waals surface area contributed by atoms with Crippen molar-refractivity contribution in [3.63, 3.8) is 0 Å². The molecule has 208 valence electrons. The van der Waals surface area contributed by atoms with Crippen molar-refractivity contribution in [3.05, 3.63) is 35.9 Å². The van der Waals surface area contributed by atoms with Gasteiger partial charge in [0, 0.05) is 0 Å². The van der Waals surface area contributed by atoms with E-state index in [0.29, 0.717) is 0 Å². The highest BCUT2D eigenvalue weighted by molar-refractivity contribution is 5.94. The van der Waals surface area contributed by atoms with Gasteiger partial charge in [0.05, 0.1) is 45.3 Å². The third kappa shape index (κ3) is 18.0. The molecule has 0 heterocycles. The van der Waals surface area contributed by atoms with Crippen LogP contribution in [0.4, 0.5) is 0 Å². The summed E-state index contributed by atoms with van der Waals surface area (Å²) in [7, 11) is 0. The second kappa shape index (κ2) is 16.0. The second-order valence-corrected chi connectivity index (χ2v) is 10.4. The average Bonchev–Trinajstić information content (AvgIpc) is 2.76. The molecule has 0 radical (unpaired) electrons. The Morgan fingerprint density at radius 2 is 1.24 bits per heavy atom. The van der Waals surface area contributed by atoms with Crippen molar-refractivity contribution in [2.45, 2.75) is 84.7 Å². The molecule has 0 unspecified atom stereocenters. The van der Waals surface area contributed by atoms with Crippen molar-refractivity contribution in [1.82, 2.24) is 5.32 Å². The lowest BCUT2D eigenvalue weighted by atomic mass is 10.2. The molecule has 0 saturated heterocycles. The fourth-order valence-electron chi connectivity index (χ4n) is 2.88. The first kappa shape index (κ1) is 32.0. The number of hydrogen-bond donors (Lipinski definition) is 1. The molecule has 0 saturated carbocycles. The van der Waals surface area contributed by atoms with Crippen LogP contribution in [0.2, 0.25) is 0 Å². The van der Waals surface area contributed by atoms with E-state index in [2.05, 4.69) is 5.32 Å². The van der Waals surface area contributed by atoms with Crippen LogP contribution in [0.25, 0.3) is 0 Å². The molecule has 0 atom stereocenters. The summed E-state index contributed by atoms with van der Waals surface area (Å²) in [6.07, 6.45) is -0.383. The maximum absolute atomic E-state index is 12.4. The summed E-state index contributed by atoms with van der Waals surface area (Å²) in [5, 5.41) is 2.68. The largest absolute Gasteiger partial charge is 0.460 e. The van der Waals surface area contributed by atoms with Crippen LogP contribution in [0.1, 0.15) is 66.4 Å². The topological polar surface area (TPSA) is 126 Å². The lowest BCUT2D eigenvalue weighted by molar-refractivity contribution is -0.157. The first-order chi connectivity index (χ1) is 17.2. The highest BCUT2D eigenvalue weighted by atomic mass is 16.6. The SMILES string of the molecule is CC(C)(C)OC(=O)CCOCC(COCCC(=O)OC(C)(C)C)NC(=O)CC(=O)OCc1ccccc1. The van der Waals surface area contributed by atoms with Crippen LogP contribution in [0.5, 0.6) is 0 Å². The number of amides is 1. The predicted molar refractivity (Wildman–Crippen MR) is 135 cm³/mol. The molecule has 10 nitrogen and oxygen atoms in total. The number of rotatable bonds is 15. The third-order valence-electron chi connectivity index (χ3n) is 4.29. The van der Waals surface area contributed by atoms with Crippen LogP contribution >= 0.6 is 0 Å². The molecule has 10 heteroatoms. The Hall–Kier alpha value is -2.98. The molecule has 1 amide bonds. The van der Waals surface area contributed by atoms with Gasteiger partial charge in [-0.05, 0) is 47.1 Å². The molecule has 0 spiro atoms. The van der Waals surface area contributed by atoms with Crippen molar-refractivity contribution >= 4 is 23.8 Å². The van der Waals surface area contributed by atoms with Crippen molar-refractivity contribution in [2.24, 2.45) is 0 Å². The molecule has 0 aliphatic rings. The number of benzene rings is 1. The maximum atomic E-state index is 12.4. The summed E-state index contributed by atoms with van der Waals surface area (Å²) >= 11 is 0. The smallest absolute Gasteiger partial charge is 0.315 e. The molecule has 0 aliphatic carbocycles. The van der Waals surface area contributed by atoms with Crippen LogP contribution in [0.3, 0.4) is 0 Å². The van der Waals surface area contributed by atoms with Crippen LogP contribution in [0, 0.1) is 0 Å². The molecular formula is C27H41NO9. The van der Waals surface area contributed by atoms with Crippen molar-refractivity contribution in [3.8, 4) is 0 Å². The Labute approximate surface area is 219 Å². The van der Waals surface area contributed by atoms with Gasteiger partial charge in [0.25, 0.3) is 0 Å². The number of nitrogens with one attached hydrogen (secondary N) is 1. The van der Waals surface area contributed by atoms with E-state index in [0.717, 1.165) is 5.56 Å². The zero-order valence-corrected chi connectivity index (χ0v) is 22.8.